The molecule has 1 saturated heterocycles. The molecule has 1 aromatic carbocycles. The third kappa shape index (κ3) is 5.39. The normalized spacial score (nSPS) is 13.2. The first-order valence-corrected chi connectivity index (χ1v) is 10.7. The van der Waals surface area contributed by atoms with Crippen molar-refractivity contribution in [3.05, 3.63) is 76.5 Å². The second-order valence-electron chi connectivity index (χ2n) is 7.59. The summed E-state index contributed by atoms with van der Waals surface area (Å²) in [5.74, 6) is 0.132. The Bertz CT molecular complexity index is 1110. The molecule has 0 spiro atoms. The third-order valence-electron chi connectivity index (χ3n) is 5.17. The Labute approximate surface area is 190 Å². The van der Waals surface area contributed by atoms with E-state index in [0.29, 0.717) is 34.3 Å². The Morgan fingerprint density at radius 3 is 2.44 bits per heavy atom. The summed E-state index contributed by atoms with van der Waals surface area (Å²) in [6, 6.07) is 10.6. The smallest absolute Gasteiger partial charge is 0.308 e. The average Bonchev–Trinajstić information content (AvgIpc) is 3.31. The molecule has 0 radical (unpaired) electrons. The van der Waals surface area contributed by atoms with Crippen LogP contribution in [0.15, 0.2) is 48.8 Å². The number of carbonyl (C=O) groups is 2. The monoisotopic (exact) mass is 451 g/mol. The summed E-state index contributed by atoms with van der Waals surface area (Å²) in [6.07, 6.45) is 5.61. The number of anilines is 2. The van der Waals surface area contributed by atoms with Crippen molar-refractivity contribution in [2.75, 3.05) is 23.3 Å². The van der Waals surface area contributed by atoms with Crippen LogP contribution in [0, 0.1) is 0 Å². The Hall–Kier alpha value is -3.52. The summed E-state index contributed by atoms with van der Waals surface area (Å²) in [7, 11) is 0. The molecule has 0 saturated carbocycles. The fourth-order valence-electron chi connectivity index (χ4n) is 3.60. The molecule has 1 aliphatic heterocycles. The van der Waals surface area contributed by atoms with Gasteiger partial charge in [0.05, 0.1) is 11.4 Å². The number of hydrogen-bond donors (Lipinski definition) is 2. The van der Waals surface area contributed by atoms with E-state index in [4.69, 9.17) is 11.6 Å². The number of carbonyl (C=O) groups excluding carboxylic acids is 1. The van der Waals surface area contributed by atoms with Gasteiger partial charge in [0, 0.05) is 43.2 Å². The quantitative estimate of drug-likeness (QED) is 0.565. The number of benzene rings is 1. The van der Waals surface area contributed by atoms with Gasteiger partial charge in [0.2, 0.25) is 0 Å². The lowest BCUT2D eigenvalue weighted by Gasteiger charge is -2.20. The van der Waals surface area contributed by atoms with Crippen molar-refractivity contribution >= 4 is 35.0 Å². The topological polar surface area (TPSA) is 108 Å². The van der Waals surface area contributed by atoms with E-state index in [9.17, 15) is 14.7 Å². The molecule has 8 nitrogen and oxygen atoms in total. The van der Waals surface area contributed by atoms with Crippen molar-refractivity contribution in [1.29, 1.82) is 0 Å². The molecule has 2 N–H and O–H groups in total. The van der Waals surface area contributed by atoms with E-state index in [2.05, 4.69) is 25.2 Å². The summed E-state index contributed by atoms with van der Waals surface area (Å²) in [5, 5.41) is 12.5. The number of hydrogen-bond acceptors (Lipinski definition) is 6. The van der Waals surface area contributed by atoms with Gasteiger partial charge in [-0.25, -0.2) is 15.0 Å². The predicted octanol–water partition coefficient (Wildman–Crippen LogP) is 3.60. The van der Waals surface area contributed by atoms with Crippen molar-refractivity contribution in [2.45, 2.75) is 25.7 Å². The molecular formula is C23H22ClN5O3. The van der Waals surface area contributed by atoms with Crippen molar-refractivity contribution in [3.8, 4) is 0 Å². The number of amides is 1. The van der Waals surface area contributed by atoms with Gasteiger partial charge in [0.25, 0.3) is 5.91 Å². The molecule has 0 atom stereocenters. The number of nitrogens with zero attached hydrogens (tertiary/aromatic N) is 4. The summed E-state index contributed by atoms with van der Waals surface area (Å²) < 4.78 is 0. The van der Waals surface area contributed by atoms with Crippen LogP contribution < -0.4 is 10.2 Å². The molecule has 32 heavy (non-hydrogen) atoms. The number of pyridine rings is 1. The van der Waals surface area contributed by atoms with Gasteiger partial charge in [-0.05, 0) is 42.7 Å². The van der Waals surface area contributed by atoms with Crippen LogP contribution in [-0.4, -0.2) is 45.0 Å². The molecule has 0 bridgehead atoms. The van der Waals surface area contributed by atoms with Gasteiger partial charge in [-0.2, -0.15) is 0 Å². The SMILES string of the molecule is O=C(O)Cc1cnc(Cc2ccc(NC(=O)c3ccc(Cl)cn3)cc2)nc1N1CCCC1. The molecule has 1 fully saturated rings. The minimum absolute atomic E-state index is 0.0943. The maximum absolute atomic E-state index is 12.3. The molecule has 4 rings (SSSR count). The van der Waals surface area contributed by atoms with Crippen molar-refractivity contribution in [3.63, 3.8) is 0 Å². The van der Waals surface area contributed by atoms with Crippen LogP contribution in [-0.2, 0) is 17.6 Å². The van der Waals surface area contributed by atoms with Gasteiger partial charge in [-0.15, -0.1) is 0 Å². The maximum atomic E-state index is 12.3. The highest BCUT2D eigenvalue weighted by molar-refractivity contribution is 6.30. The minimum atomic E-state index is -0.895. The molecule has 3 heterocycles. The van der Waals surface area contributed by atoms with Gasteiger partial charge < -0.3 is 15.3 Å². The van der Waals surface area contributed by atoms with Gasteiger partial charge in [-0.3, -0.25) is 9.59 Å². The number of aliphatic carboxylic acids is 1. The van der Waals surface area contributed by atoms with Gasteiger partial charge in [0.15, 0.2) is 0 Å². The van der Waals surface area contributed by atoms with Crippen LogP contribution in [0.3, 0.4) is 0 Å². The summed E-state index contributed by atoms with van der Waals surface area (Å²) in [5.41, 5.74) is 2.54. The Morgan fingerprint density at radius 1 is 1.03 bits per heavy atom. The Morgan fingerprint density at radius 2 is 1.78 bits per heavy atom. The first-order valence-electron chi connectivity index (χ1n) is 10.3. The molecule has 3 aromatic rings. The van der Waals surface area contributed by atoms with E-state index < -0.39 is 5.97 Å². The van der Waals surface area contributed by atoms with Gasteiger partial charge in [0.1, 0.15) is 17.3 Å². The fourth-order valence-corrected chi connectivity index (χ4v) is 3.71. The van der Waals surface area contributed by atoms with E-state index in [-0.39, 0.29) is 18.0 Å². The van der Waals surface area contributed by atoms with Crippen molar-refractivity contribution in [2.24, 2.45) is 0 Å². The Balaban J connectivity index is 1.45. The van der Waals surface area contributed by atoms with Crippen molar-refractivity contribution < 1.29 is 14.7 Å². The summed E-state index contributed by atoms with van der Waals surface area (Å²) in [4.78, 5) is 38.7. The standard InChI is InChI=1S/C23H22ClN5O3/c24-17-5-8-19(25-14-17)23(32)27-18-6-3-15(4-7-18)11-20-26-13-16(12-21(30)31)22(28-20)29-9-1-2-10-29/h3-8,13-14H,1-2,9-12H2,(H,27,32)(H,30,31). The van der Waals surface area contributed by atoms with Crippen molar-refractivity contribution in [1.82, 2.24) is 15.0 Å². The molecule has 2 aromatic heterocycles. The summed E-state index contributed by atoms with van der Waals surface area (Å²) >= 11 is 5.80. The van der Waals surface area contributed by atoms with Crippen LogP contribution >= 0.6 is 11.6 Å². The summed E-state index contributed by atoms with van der Waals surface area (Å²) in [6.45, 7) is 1.75. The zero-order chi connectivity index (χ0) is 22.5. The van der Waals surface area contributed by atoms with E-state index in [1.54, 1.807) is 18.3 Å². The number of rotatable bonds is 7. The first kappa shape index (κ1) is 21.7. The lowest BCUT2D eigenvalue weighted by atomic mass is 10.1. The van der Waals surface area contributed by atoms with E-state index in [0.717, 1.165) is 31.5 Å². The number of halogens is 1. The number of carboxylic acid groups (broad SMARTS) is 1. The number of nitrogens with one attached hydrogen (secondary N) is 1. The maximum Gasteiger partial charge on any atom is 0.308 e. The molecule has 164 valence electrons. The highest BCUT2D eigenvalue weighted by atomic mass is 35.5. The van der Waals surface area contributed by atoms with Crippen LogP contribution in [0.5, 0.6) is 0 Å². The zero-order valence-electron chi connectivity index (χ0n) is 17.3. The largest absolute Gasteiger partial charge is 0.481 e. The first-order chi connectivity index (χ1) is 15.5. The highest BCUT2D eigenvalue weighted by Gasteiger charge is 2.20. The van der Waals surface area contributed by atoms with Crippen LogP contribution in [0.4, 0.5) is 11.5 Å². The second-order valence-corrected chi connectivity index (χ2v) is 8.03. The molecule has 1 aliphatic rings. The van der Waals surface area contributed by atoms with E-state index in [1.807, 2.05) is 24.3 Å². The molecule has 1 amide bonds. The van der Waals surface area contributed by atoms with Crippen LogP contribution in [0.25, 0.3) is 0 Å². The van der Waals surface area contributed by atoms with E-state index in [1.165, 1.54) is 6.20 Å². The molecule has 0 unspecified atom stereocenters. The second kappa shape index (κ2) is 9.74. The minimum Gasteiger partial charge on any atom is -0.481 e. The lowest BCUT2D eigenvalue weighted by Crippen LogP contribution is -2.22. The fraction of sp³-hybridized carbons (Fsp3) is 0.261. The van der Waals surface area contributed by atoms with E-state index >= 15 is 0 Å². The highest BCUT2D eigenvalue weighted by Crippen LogP contribution is 2.23. The lowest BCUT2D eigenvalue weighted by molar-refractivity contribution is -0.136. The third-order valence-corrected chi connectivity index (χ3v) is 5.40. The molecule has 9 heteroatoms. The zero-order valence-corrected chi connectivity index (χ0v) is 18.0. The van der Waals surface area contributed by atoms with Gasteiger partial charge >= 0.3 is 5.97 Å². The molecule has 0 aliphatic carbocycles. The van der Waals surface area contributed by atoms with Gasteiger partial charge in [-0.1, -0.05) is 23.7 Å². The average molecular weight is 452 g/mol. The number of aromatic nitrogens is 3. The van der Waals surface area contributed by atoms with Crippen LogP contribution in [0.1, 0.15) is 40.3 Å². The Kier molecular flexibility index (Phi) is 6.61. The predicted molar refractivity (Wildman–Crippen MR) is 121 cm³/mol. The van der Waals surface area contributed by atoms with Crippen LogP contribution in [0.2, 0.25) is 5.02 Å². The number of carboxylic acids is 1. The molecular weight excluding hydrogens is 430 g/mol.